The van der Waals surface area contributed by atoms with Crippen molar-refractivity contribution in [3.63, 3.8) is 0 Å². The molecule has 4 amide bonds. The monoisotopic (exact) mass is 543 g/mol. The van der Waals surface area contributed by atoms with Crippen molar-refractivity contribution in [2.75, 3.05) is 13.6 Å². The van der Waals surface area contributed by atoms with E-state index in [4.69, 9.17) is 11.5 Å². The first-order valence-corrected chi connectivity index (χ1v) is 13.1. The van der Waals surface area contributed by atoms with Crippen LogP contribution in [0.3, 0.4) is 0 Å². The number of aliphatic imine (C=N–C) groups is 1. The van der Waals surface area contributed by atoms with Gasteiger partial charge >= 0.3 is 6.03 Å². The van der Waals surface area contributed by atoms with Gasteiger partial charge in [0.05, 0.1) is 5.92 Å². The summed E-state index contributed by atoms with van der Waals surface area (Å²) in [7, 11) is 1.56. The zero-order valence-corrected chi connectivity index (χ0v) is 22.6. The number of benzene rings is 3. The molecule has 0 saturated carbocycles. The number of guanidine groups is 1. The Morgan fingerprint density at radius 3 is 1.77 bits per heavy atom. The highest BCUT2D eigenvalue weighted by Gasteiger charge is 2.27. The van der Waals surface area contributed by atoms with E-state index >= 15 is 0 Å². The summed E-state index contributed by atoms with van der Waals surface area (Å²) in [6.45, 7) is 1.01. The molecular formula is C30H37N7O3. The maximum atomic E-state index is 13.6. The molecule has 0 spiro atoms. The lowest BCUT2D eigenvalue weighted by molar-refractivity contribution is -0.129. The third-order valence-corrected chi connectivity index (χ3v) is 6.28. The number of nitrogens with zero attached hydrogens (tertiary/aromatic N) is 1. The van der Waals surface area contributed by atoms with Crippen LogP contribution in [-0.4, -0.2) is 43.4 Å². The summed E-state index contributed by atoms with van der Waals surface area (Å²) < 4.78 is 0. The Balaban J connectivity index is 1.70. The molecule has 0 bridgehead atoms. The van der Waals surface area contributed by atoms with Gasteiger partial charge in [0.15, 0.2) is 5.96 Å². The van der Waals surface area contributed by atoms with Crippen molar-refractivity contribution in [2.45, 2.75) is 37.9 Å². The van der Waals surface area contributed by atoms with E-state index in [2.05, 4.69) is 26.3 Å². The highest BCUT2D eigenvalue weighted by atomic mass is 16.2. The molecule has 1 atom stereocenters. The fourth-order valence-electron chi connectivity index (χ4n) is 4.17. The van der Waals surface area contributed by atoms with E-state index in [0.717, 1.165) is 22.3 Å². The molecule has 0 aliphatic rings. The SMILES string of the molecule is CNC(=O)NCc1ccc(CNC(=O)C(CCCN=C(N)N)NC(=O)C(c2ccccc2)c2ccccc2)cc1. The van der Waals surface area contributed by atoms with Gasteiger partial charge in [0.1, 0.15) is 6.04 Å². The average molecular weight is 544 g/mol. The summed E-state index contributed by atoms with van der Waals surface area (Å²) in [5, 5.41) is 11.1. The maximum Gasteiger partial charge on any atom is 0.314 e. The highest BCUT2D eigenvalue weighted by Crippen LogP contribution is 2.25. The molecule has 0 aliphatic heterocycles. The van der Waals surface area contributed by atoms with Crippen molar-refractivity contribution in [1.29, 1.82) is 0 Å². The Labute approximate surface area is 234 Å². The predicted molar refractivity (Wildman–Crippen MR) is 156 cm³/mol. The van der Waals surface area contributed by atoms with E-state index in [9.17, 15) is 14.4 Å². The molecular weight excluding hydrogens is 506 g/mol. The van der Waals surface area contributed by atoms with E-state index in [0.29, 0.717) is 25.9 Å². The Morgan fingerprint density at radius 1 is 0.750 bits per heavy atom. The standard InChI is InChI=1S/C30H37N7O3/c1-33-30(40)36-20-22-16-14-21(15-17-22)19-35-27(38)25(13-8-18-34-29(31)32)37-28(39)26(23-9-4-2-5-10-23)24-11-6-3-7-12-24/h2-7,9-12,14-17,25-26H,8,13,18-20H2,1H3,(H,35,38)(H,37,39)(H4,31,32,34)(H2,33,36,40). The van der Waals surface area contributed by atoms with Crippen molar-refractivity contribution in [3.8, 4) is 0 Å². The van der Waals surface area contributed by atoms with E-state index in [-0.39, 0.29) is 30.3 Å². The highest BCUT2D eigenvalue weighted by molar-refractivity contribution is 5.92. The minimum Gasteiger partial charge on any atom is -0.370 e. The fourth-order valence-corrected chi connectivity index (χ4v) is 4.17. The molecule has 8 N–H and O–H groups in total. The molecule has 3 aromatic rings. The van der Waals surface area contributed by atoms with Crippen LogP contribution in [-0.2, 0) is 22.7 Å². The molecule has 3 aromatic carbocycles. The van der Waals surface area contributed by atoms with Crippen LogP contribution in [0.4, 0.5) is 4.79 Å². The molecule has 0 fully saturated rings. The second-order valence-electron chi connectivity index (χ2n) is 9.23. The van der Waals surface area contributed by atoms with Gasteiger partial charge in [-0.3, -0.25) is 14.6 Å². The number of rotatable bonds is 13. The molecule has 1 unspecified atom stereocenters. The number of urea groups is 1. The number of carbonyl (C=O) groups excluding carboxylic acids is 3. The minimum atomic E-state index is -0.785. The van der Waals surface area contributed by atoms with Gasteiger partial charge < -0.3 is 32.7 Å². The molecule has 0 saturated heterocycles. The summed E-state index contributed by atoms with van der Waals surface area (Å²) in [5.41, 5.74) is 14.3. The first-order valence-electron chi connectivity index (χ1n) is 13.1. The van der Waals surface area contributed by atoms with Gasteiger partial charge in [-0.2, -0.15) is 0 Å². The number of hydrogen-bond donors (Lipinski definition) is 6. The van der Waals surface area contributed by atoms with Crippen LogP contribution in [0.15, 0.2) is 89.9 Å². The lowest BCUT2D eigenvalue weighted by Crippen LogP contribution is -2.48. The van der Waals surface area contributed by atoms with Crippen LogP contribution in [0, 0.1) is 0 Å². The Morgan fingerprint density at radius 2 is 1.27 bits per heavy atom. The van der Waals surface area contributed by atoms with Gasteiger partial charge in [-0.05, 0) is 35.1 Å². The van der Waals surface area contributed by atoms with Crippen molar-refractivity contribution >= 4 is 23.8 Å². The number of amides is 4. The van der Waals surface area contributed by atoms with E-state index in [1.165, 1.54) is 0 Å². The van der Waals surface area contributed by atoms with E-state index in [1.54, 1.807) is 7.05 Å². The Hall–Kier alpha value is -4.86. The van der Waals surface area contributed by atoms with Gasteiger partial charge in [0, 0.05) is 26.7 Å². The van der Waals surface area contributed by atoms with Gasteiger partial charge in [-0.1, -0.05) is 84.9 Å². The van der Waals surface area contributed by atoms with E-state index in [1.807, 2.05) is 84.9 Å². The van der Waals surface area contributed by atoms with Crippen molar-refractivity contribution < 1.29 is 14.4 Å². The number of carbonyl (C=O) groups is 3. The van der Waals surface area contributed by atoms with Crippen molar-refractivity contribution in [3.05, 3.63) is 107 Å². The summed E-state index contributed by atoms with van der Waals surface area (Å²) in [5.74, 6) is -1.17. The molecule has 3 rings (SSSR count). The van der Waals surface area contributed by atoms with Gasteiger partial charge in [-0.25, -0.2) is 4.79 Å². The number of nitrogens with two attached hydrogens (primary N) is 2. The zero-order valence-electron chi connectivity index (χ0n) is 22.6. The summed E-state index contributed by atoms with van der Waals surface area (Å²) in [4.78, 5) is 42.3. The second kappa shape index (κ2) is 15.5. The molecule has 210 valence electrons. The summed E-state index contributed by atoms with van der Waals surface area (Å²) in [6.07, 6.45) is 0.861. The van der Waals surface area contributed by atoms with Gasteiger partial charge in [0.25, 0.3) is 0 Å². The predicted octanol–water partition coefficient (Wildman–Crippen LogP) is 2.10. The fraction of sp³-hybridized carbons (Fsp3) is 0.267. The van der Waals surface area contributed by atoms with E-state index < -0.39 is 12.0 Å². The molecule has 10 nitrogen and oxygen atoms in total. The van der Waals surface area contributed by atoms with Crippen LogP contribution in [0.1, 0.15) is 41.0 Å². The summed E-state index contributed by atoms with van der Waals surface area (Å²) >= 11 is 0. The zero-order chi connectivity index (χ0) is 28.7. The molecule has 0 radical (unpaired) electrons. The number of hydrogen-bond acceptors (Lipinski definition) is 4. The van der Waals surface area contributed by atoms with Crippen molar-refractivity contribution in [1.82, 2.24) is 21.3 Å². The van der Waals surface area contributed by atoms with Crippen LogP contribution in [0.5, 0.6) is 0 Å². The lowest BCUT2D eigenvalue weighted by Gasteiger charge is -2.23. The second-order valence-corrected chi connectivity index (χ2v) is 9.23. The topological polar surface area (TPSA) is 164 Å². The quantitative estimate of drug-likeness (QED) is 0.110. The third kappa shape index (κ3) is 9.46. The molecule has 0 aliphatic carbocycles. The minimum absolute atomic E-state index is 0.0211. The number of nitrogens with one attached hydrogen (secondary N) is 4. The molecule has 10 heteroatoms. The van der Waals surface area contributed by atoms with Gasteiger partial charge in [0.2, 0.25) is 11.8 Å². The lowest BCUT2D eigenvalue weighted by atomic mass is 9.90. The van der Waals surface area contributed by atoms with Gasteiger partial charge in [-0.15, -0.1) is 0 Å². The first kappa shape index (κ1) is 29.7. The molecule has 0 aromatic heterocycles. The van der Waals surface area contributed by atoms with Crippen LogP contribution >= 0.6 is 0 Å². The first-order chi connectivity index (χ1) is 19.4. The maximum absolute atomic E-state index is 13.6. The largest absolute Gasteiger partial charge is 0.370 e. The molecule has 40 heavy (non-hydrogen) atoms. The summed E-state index contributed by atoms with van der Waals surface area (Å²) in [6, 6.07) is 25.4. The van der Waals surface area contributed by atoms with Crippen molar-refractivity contribution in [2.24, 2.45) is 16.5 Å². The Kier molecular flexibility index (Phi) is 11.5. The normalized spacial score (nSPS) is 11.2. The third-order valence-electron chi connectivity index (χ3n) is 6.28. The molecule has 0 heterocycles. The Bertz CT molecular complexity index is 1220. The van der Waals surface area contributed by atoms with Crippen LogP contribution < -0.4 is 32.7 Å². The van der Waals surface area contributed by atoms with Crippen LogP contribution in [0.25, 0.3) is 0 Å². The average Bonchev–Trinajstić information content (AvgIpc) is 2.97. The smallest absolute Gasteiger partial charge is 0.314 e. The van der Waals surface area contributed by atoms with Crippen LogP contribution in [0.2, 0.25) is 0 Å².